The number of ether oxygens (including phenoxy) is 1. The first kappa shape index (κ1) is 33.1. The number of nitrogens with zero attached hydrogens (tertiary/aromatic N) is 2. The van der Waals surface area contributed by atoms with Gasteiger partial charge in [-0.2, -0.15) is 0 Å². The maximum atomic E-state index is 14.1. The highest BCUT2D eigenvalue weighted by Gasteiger charge is 2.28. The maximum absolute atomic E-state index is 14.1. The van der Waals surface area contributed by atoms with Crippen molar-refractivity contribution in [3.63, 3.8) is 0 Å². The highest BCUT2D eigenvalue weighted by molar-refractivity contribution is 7.84. The lowest BCUT2D eigenvalue weighted by molar-refractivity contribution is -0.141. The molecule has 236 valence electrons. The van der Waals surface area contributed by atoms with E-state index in [1.807, 2.05) is 66.7 Å². The Hall–Kier alpha value is -3.23. The van der Waals surface area contributed by atoms with Crippen molar-refractivity contribution in [1.29, 1.82) is 0 Å². The zero-order chi connectivity index (χ0) is 31.9. The van der Waals surface area contributed by atoms with Crippen LogP contribution in [0.3, 0.4) is 0 Å². The smallest absolute Gasteiger partial charge is 0.325 e. The quantitative estimate of drug-likeness (QED) is 0.155. The minimum Gasteiger partial charge on any atom is -0.468 e. The van der Waals surface area contributed by atoms with Gasteiger partial charge in [0.1, 0.15) is 6.54 Å². The van der Waals surface area contributed by atoms with E-state index in [-0.39, 0.29) is 18.4 Å². The fraction of sp³-hybridized carbons (Fsp3) is 0.333. The fourth-order valence-electron chi connectivity index (χ4n) is 6.30. The molecule has 1 heterocycles. The summed E-state index contributed by atoms with van der Waals surface area (Å²) in [6, 6.07) is 27.0. The van der Waals surface area contributed by atoms with E-state index in [9.17, 15) is 13.8 Å². The third-order valence-electron chi connectivity index (χ3n) is 8.76. The van der Waals surface area contributed by atoms with E-state index in [0.717, 1.165) is 60.1 Å². The predicted molar refractivity (Wildman–Crippen MR) is 183 cm³/mol. The van der Waals surface area contributed by atoms with Crippen LogP contribution >= 0.6 is 23.2 Å². The Bertz CT molecular complexity index is 1680. The average Bonchev–Trinajstić information content (AvgIpc) is 3.07. The molecule has 0 saturated carbocycles. The van der Waals surface area contributed by atoms with E-state index in [2.05, 4.69) is 11.0 Å². The van der Waals surface area contributed by atoms with Gasteiger partial charge in [-0.25, -0.2) is 0 Å². The molecule has 2 unspecified atom stereocenters. The van der Waals surface area contributed by atoms with Gasteiger partial charge in [0, 0.05) is 29.2 Å². The Labute approximate surface area is 277 Å². The zero-order valence-corrected chi connectivity index (χ0v) is 27.9. The summed E-state index contributed by atoms with van der Waals surface area (Å²) in [5, 5.41) is 2.71. The molecule has 9 heteroatoms. The third-order valence-corrected chi connectivity index (χ3v) is 10.5. The summed E-state index contributed by atoms with van der Waals surface area (Å²) < 4.78 is 17.3. The van der Waals surface area contributed by atoms with Crippen molar-refractivity contribution in [2.24, 2.45) is 0 Å². The molecule has 1 aliphatic rings. The van der Waals surface area contributed by atoms with Crippen molar-refractivity contribution in [3.05, 3.63) is 112 Å². The first-order valence-corrected chi connectivity index (χ1v) is 17.5. The molecular weight excluding hydrogens is 627 g/mol. The maximum Gasteiger partial charge on any atom is 0.325 e. The van der Waals surface area contributed by atoms with Crippen LogP contribution in [-0.4, -0.2) is 72.0 Å². The van der Waals surface area contributed by atoms with Crippen molar-refractivity contribution < 1.29 is 18.5 Å². The number of hydrogen-bond donors (Lipinski definition) is 0. The molecule has 6 nitrogen and oxygen atoms in total. The lowest BCUT2D eigenvalue weighted by atomic mass is 9.88. The van der Waals surface area contributed by atoms with E-state index in [4.69, 9.17) is 27.9 Å². The van der Waals surface area contributed by atoms with Gasteiger partial charge in [0.15, 0.2) is 0 Å². The van der Waals surface area contributed by atoms with Crippen LogP contribution in [0.15, 0.2) is 89.8 Å². The van der Waals surface area contributed by atoms with Gasteiger partial charge in [-0.3, -0.25) is 13.8 Å². The third kappa shape index (κ3) is 8.14. The second-order valence-corrected chi connectivity index (χ2v) is 13.7. The molecule has 1 saturated heterocycles. The minimum absolute atomic E-state index is 0.107. The SMILES string of the molecule is COC(=O)CN(CC(CCN1CCC(c2ccccc2S(C)=O)CC1)c1ccc(Cl)c(Cl)c1)C(=O)c1cccc2ccccc12. The number of esters is 1. The Kier molecular flexibility index (Phi) is 11.3. The molecule has 0 bridgehead atoms. The molecule has 1 aliphatic heterocycles. The number of amides is 1. The van der Waals surface area contributed by atoms with Crippen LogP contribution in [-0.2, 0) is 20.3 Å². The minimum atomic E-state index is -1.02. The molecule has 0 spiro atoms. The van der Waals surface area contributed by atoms with Gasteiger partial charge < -0.3 is 14.5 Å². The highest BCUT2D eigenvalue weighted by atomic mass is 35.5. The second-order valence-electron chi connectivity index (χ2n) is 11.6. The normalized spacial score (nSPS) is 15.5. The summed E-state index contributed by atoms with van der Waals surface area (Å²) >= 11 is 12.7. The summed E-state index contributed by atoms with van der Waals surface area (Å²) in [5.74, 6) is -0.438. The van der Waals surface area contributed by atoms with Crippen molar-refractivity contribution in [3.8, 4) is 0 Å². The van der Waals surface area contributed by atoms with Crippen molar-refractivity contribution in [1.82, 2.24) is 9.80 Å². The molecule has 0 radical (unpaired) electrons. The van der Waals surface area contributed by atoms with Gasteiger partial charge in [0.25, 0.3) is 5.91 Å². The molecule has 4 aromatic rings. The predicted octanol–water partition coefficient (Wildman–Crippen LogP) is 7.55. The molecule has 0 aromatic heterocycles. The number of hydrogen-bond acceptors (Lipinski definition) is 5. The number of likely N-dealkylation sites (tertiary alicyclic amines) is 1. The van der Waals surface area contributed by atoms with Gasteiger partial charge in [-0.15, -0.1) is 0 Å². The number of carbonyl (C=O) groups is 2. The van der Waals surface area contributed by atoms with Gasteiger partial charge in [0.05, 0.1) is 28.0 Å². The Morgan fingerprint density at radius 3 is 2.40 bits per heavy atom. The highest BCUT2D eigenvalue weighted by Crippen LogP contribution is 2.34. The van der Waals surface area contributed by atoms with Crippen LogP contribution in [0.25, 0.3) is 10.8 Å². The van der Waals surface area contributed by atoms with E-state index in [1.54, 1.807) is 23.3 Å². The lowest BCUT2D eigenvalue weighted by Crippen LogP contribution is -2.40. The average molecular weight is 666 g/mol. The van der Waals surface area contributed by atoms with Crippen molar-refractivity contribution in [2.45, 2.75) is 36.0 Å². The molecule has 5 rings (SSSR count). The number of piperidine rings is 1. The van der Waals surface area contributed by atoms with Crippen LogP contribution in [0.1, 0.15) is 52.6 Å². The molecule has 1 amide bonds. The van der Waals surface area contributed by atoms with E-state index >= 15 is 0 Å². The van der Waals surface area contributed by atoms with Crippen LogP contribution < -0.4 is 0 Å². The molecular formula is C36H38Cl2N2O4S. The van der Waals surface area contributed by atoms with E-state index in [0.29, 0.717) is 28.1 Å². The summed E-state index contributed by atoms with van der Waals surface area (Å²) in [4.78, 5) is 31.6. The van der Waals surface area contributed by atoms with Gasteiger partial charge in [-0.1, -0.05) is 83.9 Å². The van der Waals surface area contributed by atoms with Gasteiger partial charge >= 0.3 is 5.97 Å². The summed E-state index contributed by atoms with van der Waals surface area (Å²) in [5.41, 5.74) is 2.69. The summed E-state index contributed by atoms with van der Waals surface area (Å²) in [6.07, 6.45) is 4.46. The van der Waals surface area contributed by atoms with Crippen LogP contribution in [0.5, 0.6) is 0 Å². The number of methoxy groups -OCH3 is 1. The first-order valence-electron chi connectivity index (χ1n) is 15.2. The van der Waals surface area contributed by atoms with Crippen molar-refractivity contribution >= 4 is 56.7 Å². The number of carbonyl (C=O) groups excluding carboxylic acids is 2. The van der Waals surface area contributed by atoms with Crippen molar-refractivity contribution in [2.75, 3.05) is 46.1 Å². The lowest BCUT2D eigenvalue weighted by Gasteiger charge is -2.34. The zero-order valence-electron chi connectivity index (χ0n) is 25.6. The molecule has 0 N–H and O–H groups in total. The molecule has 4 aromatic carbocycles. The Balaban J connectivity index is 1.36. The van der Waals surface area contributed by atoms with Crippen LogP contribution in [0.4, 0.5) is 0 Å². The molecule has 0 aliphatic carbocycles. The number of benzene rings is 4. The first-order chi connectivity index (χ1) is 21.7. The van der Waals surface area contributed by atoms with Gasteiger partial charge in [-0.05, 0) is 91.0 Å². The summed E-state index contributed by atoms with van der Waals surface area (Å²) in [7, 11) is 0.312. The van der Waals surface area contributed by atoms with E-state index < -0.39 is 16.8 Å². The molecule has 45 heavy (non-hydrogen) atoms. The molecule has 2 atom stereocenters. The Morgan fingerprint density at radius 1 is 0.956 bits per heavy atom. The fourth-order valence-corrected chi connectivity index (χ4v) is 7.45. The Morgan fingerprint density at radius 2 is 1.67 bits per heavy atom. The monoisotopic (exact) mass is 664 g/mol. The number of fused-ring (bicyclic) bond motifs is 1. The van der Waals surface area contributed by atoms with E-state index in [1.165, 1.54) is 12.7 Å². The number of halogens is 2. The van der Waals surface area contributed by atoms with Gasteiger partial charge in [0.2, 0.25) is 0 Å². The standard InChI is InChI=1S/C36H38Cl2N2O4S/c1-44-35(41)24-40(36(42)31-12-7-9-25-8-3-4-10-29(25)31)23-28(27-14-15-32(37)33(38)22-27)18-21-39-19-16-26(17-20-39)30-11-5-6-13-34(30)45(2)43/h3-15,22,26,28H,16-21,23-24H2,1-2H3. The topological polar surface area (TPSA) is 66.9 Å². The second kappa shape index (κ2) is 15.4. The van der Waals surface area contributed by atoms with Crippen LogP contribution in [0, 0.1) is 0 Å². The molecule has 1 fully saturated rings. The number of rotatable bonds is 11. The largest absolute Gasteiger partial charge is 0.468 e. The summed E-state index contributed by atoms with van der Waals surface area (Å²) in [6.45, 7) is 2.79. The van der Waals surface area contributed by atoms with Crippen LogP contribution in [0.2, 0.25) is 10.0 Å².